The molecule has 1 aliphatic heterocycles. The highest BCUT2D eigenvalue weighted by atomic mass is 19.1. The van der Waals surface area contributed by atoms with Crippen LogP contribution in [-0.4, -0.2) is 38.8 Å². The summed E-state index contributed by atoms with van der Waals surface area (Å²) < 4.78 is 15.0. The van der Waals surface area contributed by atoms with Gasteiger partial charge >= 0.3 is 0 Å². The van der Waals surface area contributed by atoms with Crippen molar-refractivity contribution in [1.82, 2.24) is 14.7 Å². The van der Waals surface area contributed by atoms with Crippen molar-refractivity contribution in [1.29, 1.82) is 0 Å². The van der Waals surface area contributed by atoms with Gasteiger partial charge < -0.3 is 10.0 Å². The summed E-state index contributed by atoms with van der Waals surface area (Å²) in [5.41, 5.74) is 0.427. The molecule has 1 N–H and O–H groups in total. The minimum Gasteiger partial charge on any atom is -0.388 e. The molecule has 1 aromatic heterocycles. The van der Waals surface area contributed by atoms with Crippen LogP contribution < -0.4 is 0 Å². The first-order valence-electron chi connectivity index (χ1n) is 7.34. The second-order valence-electron chi connectivity index (χ2n) is 5.54. The van der Waals surface area contributed by atoms with Crippen LogP contribution in [0.15, 0.2) is 42.7 Å². The molecule has 0 bridgehead atoms. The number of benzene rings is 1. The van der Waals surface area contributed by atoms with Gasteiger partial charge in [0.05, 0.1) is 18.6 Å². The largest absolute Gasteiger partial charge is 0.388 e. The van der Waals surface area contributed by atoms with Crippen molar-refractivity contribution in [3.63, 3.8) is 0 Å². The van der Waals surface area contributed by atoms with E-state index in [4.69, 9.17) is 0 Å². The maximum absolute atomic E-state index is 13.2. The summed E-state index contributed by atoms with van der Waals surface area (Å²) in [4.78, 5) is 14.0. The number of aliphatic hydroxyl groups excluding tert-OH is 1. The number of aliphatic hydroxyl groups is 1. The summed E-state index contributed by atoms with van der Waals surface area (Å²) in [6.45, 7) is 1.25. The van der Waals surface area contributed by atoms with Gasteiger partial charge in [0.2, 0.25) is 5.91 Å². The molecule has 2 heterocycles. The van der Waals surface area contributed by atoms with Crippen LogP contribution in [0.5, 0.6) is 0 Å². The minimum absolute atomic E-state index is 0.0325. The quantitative estimate of drug-likeness (QED) is 0.939. The van der Waals surface area contributed by atoms with Crippen LogP contribution in [0.4, 0.5) is 4.39 Å². The third kappa shape index (κ3) is 3.17. The SMILES string of the molecule is O=C(CC(O)c1cccc(F)c1)N1CCC(n2cccn2)C1. The second kappa shape index (κ2) is 6.27. The van der Waals surface area contributed by atoms with Gasteiger partial charge in [-0.1, -0.05) is 12.1 Å². The molecule has 6 heteroatoms. The number of carbonyl (C=O) groups is 1. The Morgan fingerprint density at radius 2 is 2.32 bits per heavy atom. The first-order chi connectivity index (χ1) is 10.6. The maximum atomic E-state index is 13.2. The van der Waals surface area contributed by atoms with Crippen LogP contribution in [0.3, 0.4) is 0 Å². The van der Waals surface area contributed by atoms with Crippen molar-refractivity contribution >= 4 is 5.91 Å². The summed E-state index contributed by atoms with van der Waals surface area (Å²) in [5, 5.41) is 14.3. The van der Waals surface area contributed by atoms with E-state index in [1.807, 2.05) is 16.9 Å². The van der Waals surface area contributed by atoms with Crippen molar-refractivity contribution in [2.45, 2.75) is 25.0 Å². The predicted octanol–water partition coefficient (Wildman–Crippen LogP) is 1.92. The third-order valence-electron chi connectivity index (χ3n) is 4.02. The molecule has 1 fully saturated rings. The number of nitrogens with zero attached hydrogens (tertiary/aromatic N) is 3. The maximum Gasteiger partial charge on any atom is 0.225 e. The van der Waals surface area contributed by atoms with Crippen LogP contribution in [0, 0.1) is 5.82 Å². The van der Waals surface area contributed by atoms with Gasteiger partial charge in [-0.2, -0.15) is 5.10 Å². The van der Waals surface area contributed by atoms with E-state index in [0.29, 0.717) is 18.7 Å². The summed E-state index contributed by atoms with van der Waals surface area (Å²) >= 11 is 0. The number of amides is 1. The second-order valence-corrected chi connectivity index (χ2v) is 5.54. The zero-order valence-electron chi connectivity index (χ0n) is 12.1. The lowest BCUT2D eigenvalue weighted by Gasteiger charge is -2.19. The molecule has 0 spiro atoms. The number of carbonyl (C=O) groups excluding carboxylic acids is 1. The highest BCUT2D eigenvalue weighted by Crippen LogP contribution is 2.24. The van der Waals surface area contributed by atoms with Crippen LogP contribution in [0.2, 0.25) is 0 Å². The molecule has 2 aromatic rings. The van der Waals surface area contributed by atoms with E-state index < -0.39 is 11.9 Å². The van der Waals surface area contributed by atoms with Crippen molar-refractivity contribution in [3.8, 4) is 0 Å². The third-order valence-corrected chi connectivity index (χ3v) is 4.02. The molecule has 0 saturated carbocycles. The summed E-state index contributed by atoms with van der Waals surface area (Å²) in [6, 6.07) is 7.77. The lowest BCUT2D eigenvalue weighted by Crippen LogP contribution is -2.30. The summed E-state index contributed by atoms with van der Waals surface area (Å²) in [5.74, 6) is -0.532. The molecule has 2 unspecified atom stereocenters. The van der Waals surface area contributed by atoms with Crippen LogP contribution in [0.25, 0.3) is 0 Å². The van der Waals surface area contributed by atoms with E-state index in [1.54, 1.807) is 17.2 Å². The molecule has 1 aromatic carbocycles. The number of hydrogen-bond donors (Lipinski definition) is 1. The van der Waals surface area contributed by atoms with Gasteiger partial charge in [-0.3, -0.25) is 9.48 Å². The fourth-order valence-corrected chi connectivity index (χ4v) is 2.81. The molecule has 116 valence electrons. The topological polar surface area (TPSA) is 58.4 Å². The lowest BCUT2D eigenvalue weighted by molar-refractivity contribution is -0.132. The summed E-state index contributed by atoms with van der Waals surface area (Å²) in [7, 11) is 0. The Balaban J connectivity index is 1.58. The number of aromatic nitrogens is 2. The molecule has 1 aliphatic rings. The number of likely N-dealkylation sites (tertiary alicyclic amines) is 1. The zero-order chi connectivity index (χ0) is 15.5. The molecule has 22 heavy (non-hydrogen) atoms. The van der Waals surface area contributed by atoms with Gasteiger partial charge in [0, 0.05) is 25.5 Å². The van der Waals surface area contributed by atoms with Crippen molar-refractivity contribution < 1.29 is 14.3 Å². The average Bonchev–Trinajstić information content (AvgIpc) is 3.18. The molecule has 3 rings (SSSR count). The van der Waals surface area contributed by atoms with Crippen molar-refractivity contribution in [3.05, 3.63) is 54.1 Å². The number of halogens is 1. The average molecular weight is 303 g/mol. The van der Waals surface area contributed by atoms with Crippen LogP contribution in [0.1, 0.15) is 30.6 Å². The molecular formula is C16H18FN3O2. The standard InChI is InChI=1S/C16H18FN3O2/c17-13-4-1-3-12(9-13)15(21)10-16(22)19-8-5-14(11-19)20-7-2-6-18-20/h1-4,6-7,9,14-15,21H,5,8,10-11H2. The monoisotopic (exact) mass is 303 g/mol. The van der Waals surface area contributed by atoms with E-state index in [0.717, 1.165) is 6.42 Å². The number of rotatable bonds is 4. The van der Waals surface area contributed by atoms with E-state index >= 15 is 0 Å². The van der Waals surface area contributed by atoms with E-state index in [2.05, 4.69) is 5.10 Å². The number of hydrogen-bond acceptors (Lipinski definition) is 3. The Kier molecular flexibility index (Phi) is 4.20. The van der Waals surface area contributed by atoms with Gasteiger partial charge in [-0.15, -0.1) is 0 Å². The van der Waals surface area contributed by atoms with Crippen molar-refractivity contribution in [2.75, 3.05) is 13.1 Å². The van der Waals surface area contributed by atoms with Gasteiger partial charge in [0.25, 0.3) is 0 Å². The first kappa shape index (κ1) is 14.7. The zero-order valence-corrected chi connectivity index (χ0v) is 12.1. The van der Waals surface area contributed by atoms with Crippen LogP contribution >= 0.6 is 0 Å². The molecule has 5 nitrogen and oxygen atoms in total. The highest BCUT2D eigenvalue weighted by Gasteiger charge is 2.28. The lowest BCUT2D eigenvalue weighted by atomic mass is 10.1. The molecule has 0 radical (unpaired) electrons. The van der Waals surface area contributed by atoms with E-state index in [9.17, 15) is 14.3 Å². The molecule has 0 aliphatic carbocycles. The fraction of sp³-hybridized carbons (Fsp3) is 0.375. The summed E-state index contributed by atoms with van der Waals surface area (Å²) in [6.07, 6.45) is 3.45. The fourth-order valence-electron chi connectivity index (χ4n) is 2.81. The Labute approximate surface area is 128 Å². The van der Waals surface area contributed by atoms with Gasteiger partial charge in [-0.25, -0.2) is 4.39 Å². The predicted molar refractivity (Wildman–Crippen MR) is 78.4 cm³/mol. The van der Waals surface area contributed by atoms with Crippen LogP contribution in [-0.2, 0) is 4.79 Å². The molecular weight excluding hydrogens is 285 g/mol. The normalized spacial score (nSPS) is 19.4. The van der Waals surface area contributed by atoms with E-state index in [1.165, 1.54) is 18.2 Å². The van der Waals surface area contributed by atoms with Gasteiger partial charge in [0.1, 0.15) is 5.82 Å². The Morgan fingerprint density at radius 3 is 3.05 bits per heavy atom. The van der Waals surface area contributed by atoms with Crippen molar-refractivity contribution in [2.24, 2.45) is 0 Å². The van der Waals surface area contributed by atoms with Gasteiger partial charge in [0.15, 0.2) is 0 Å². The molecule has 1 saturated heterocycles. The molecule has 2 atom stereocenters. The van der Waals surface area contributed by atoms with E-state index in [-0.39, 0.29) is 18.4 Å². The molecule has 1 amide bonds. The minimum atomic E-state index is -0.980. The highest BCUT2D eigenvalue weighted by molar-refractivity contribution is 5.77. The Bertz CT molecular complexity index is 645. The first-order valence-corrected chi connectivity index (χ1v) is 7.34. The Morgan fingerprint density at radius 1 is 1.45 bits per heavy atom. The smallest absolute Gasteiger partial charge is 0.225 e. The Hall–Kier alpha value is -2.21. The van der Waals surface area contributed by atoms with Gasteiger partial charge in [-0.05, 0) is 30.2 Å².